The second-order valence-electron chi connectivity index (χ2n) is 2.46. The zero-order valence-electron chi connectivity index (χ0n) is 6.23. The second kappa shape index (κ2) is 4.37. The average molecular weight is 172 g/mol. The lowest BCUT2D eigenvalue weighted by Crippen LogP contribution is -1.95. The lowest BCUT2D eigenvalue weighted by Gasteiger charge is -2.03. The molecule has 4 heteroatoms. The first-order valence-corrected chi connectivity index (χ1v) is 5.00. The SMILES string of the molecule is O=[P+](O)CCC1=CC=NCC1. The Morgan fingerprint density at radius 3 is 3.09 bits per heavy atom. The molecule has 3 nitrogen and oxygen atoms in total. The number of nitrogens with zero attached hydrogens (tertiary/aromatic N) is 1. The van der Waals surface area contributed by atoms with E-state index in [0.717, 1.165) is 19.4 Å². The summed E-state index contributed by atoms with van der Waals surface area (Å²) in [5, 5.41) is 0. The smallest absolute Gasteiger partial charge is 0.293 e. The van der Waals surface area contributed by atoms with Crippen molar-refractivity contribution in [3.8, 4) is 0 Å². The van der Waals surface area contributed by atoms with Crippen LogP contribution in [0.1, 0.15) is 12.8 Å². The molecule has 1 aliphatic rings. The van der Waals surface area contributed by atoms with Gasteiger partial charge in [-0.05, 0) is 17.1 Å². The fraction of sp³-hybridized carbons (Fsp3) is 0.571. The van der Waals surface area contributed by atoms with Crippen LogP contribution in [-0.4, -0.2) is 23.8 Å². The minimum atomic E-state index is -1.96. The van der Waals surface area contributed by atoms with Crippen molar-refractivity contribution in [2.75, 3.05) is 12.7 Å². The van der Waals surface area contributed by atoms with E-state index in [4.69, 9.17) is 4.89 Å². The Bertz CT molecular complexity index is 210. The molecule has 1 heterocycles. The van der Waals surface area contributed by atoms with Gasteiger partial charge in [0.1, 0.15) is 0 Å². The standard InChI is InChI=1S/C7H10NO2P/c9-11(10)6-3-7-1-4-8-5-2-7/h1,4H,2-3,5-6H2/p+1. The number of rotatable bonds is 3. The van der Waals surface area contributed by atoms with Crippen LogP contribution in [0.5, 0.6) is 0 Å². The third-order valence-corrected chi connectivity index (χ3v) is 2.21. The van der Waals surface area contributed by atoms with Gasteiger partial charge in [-0.25, -0.2) is 0 Å². The van der Waals surface area contributed by atoms with E-state index in [9.17, 15) is 4.57 Å². The van der Waals surface area contributed by atoms with Crippen LogP contribution in [0.4, 0.5) is 0 Å². The summed E-state index contributed by atoms with van der Waals surface area (Å²) in [5.41, 5.74) is 1.23. The summed E-state index contributed by atoms with van der Waals surface area (Å²) in [6, 6.07) is 0. The van der Waals surface area contributed by atoms with E-state index < -0.39 is 8.03 Å². The van der Waals surface area contributed by atoms with Gasteiger partial charge in [0.05, 0.1) is 0 Å². The van der Waals surface area contributed by atoms with E-state index >= 15 is 0 Å². The van der Waals surface area contributed by atoms with Crippen LogP contribution >= 0.6 is 8.03 Å². The fourth-order valence-corrected chi connectivity index (χ4v) is 1.45. The van der Waals surface area contributed by atoms with E-state index in [1.54, 1.807) is 6.21 Å². The van der Waals surface area contributed by atoms with Crippen LogP contribution in [-0.2, 0) is 4.57 Å². The Morgan fingerprint density at radius 2 is 2.55 bits per heavy atom. The highest BCUT2D eigenvalue weighted by atomic mass is 31.1. The highest BCUT2D eigenvalue weighted by Gasteiger charge is 2.11. The molecule has 1 aliphatic heterocycles. The molecule has 0 aromatic rings. The molecule has 60 valence electrons. The Hall–Kier alpha value is -0.530. The van der Waals surface area contributed by atoms with Gasteiger partial charge < -0.3 is 0 Å². The normalized spacial score (nSPS) is 17.9. The summed E-state index contributed by atoms with van der Waals surface area (Å²) in [6.45, 7) is 0.827. The lowest BCUT2D eigenvalue weighted by molar-refractivity contribution is 0.502. The first-order valence-electron chi connectivity index (χ1n) is 3.60. The molecule has 0 radical (unpaired) electrons. The van der Waals surface area contributed by atoms with Crippen LogP contribution in [0.3, 0.4) is 0 Å². The Morgan fingerprint density at radius 1 is 1.73 bits per heavy atom. The molecule has 0 spiro atoms. The van der Waals surface area contributed by atoms with Crippen LogP contribution in [0.25, 0.3) is 0 Å². The largest absolute Gasteiger partial charge is 0.505 e. The van der Waals surface area contributed by atoms with E-state index in [2.05, 4.69) is 4.99 Å². The molecule has 0 saturated carbocycles. The van der Waals surface area contributed by atoms with Gasteiger partial charge in [-0.1, -0.05) is 5.57 Å². The van der Waals surface area contributed by atoms with Crippen LogP contribution < -0.4 is 0 Å². The van der Waals surface area contributed by atoms with Gasteiger partial charge in [0, 0.05) is 19.2 Å². The predicted molar refractivity (Wildman–Crippen MR) is 45.4 cm³/mol. The Kier molecular flexibility index (Phi) is 3.40. The lowest BCUT2D eigenvalue weighted by atomic mass is 10.1. The average Bonchev–Trinajstić information content (AvgIpc) is 2.03. The quantitative estimate of drug-likeness (QED) is 0.656. The van der Waals surface area contributed by atoms with E-state index in [0.29, 0.717) is 6.16 Å². The van der Waals surface area contributed by atoms with Crippen molar-refractivity contribution in [3.05, 3.63) is 11.6 Å². The van der Waals surface area contributed by atoms with Crippen molar-refractivity contribution in [1.29, 1.82) is 0 Å². The molecule has 0 aliphatic carbocycles. The summed E-state index contributed by atoms with van der Waals surface area (Å²) in [6.07, 6.45) is 5.76. The highest BCUT2D eigenvalue weighted by molar-refractivity contribution is 7.37. The highest BCUT2D eigenvalue weighted by Crippen LogP contribution is 2.19. The zero-order chi connectivity index (χ0) is 8.10. The number of aliphatic imine (C=N–C) groups is 1. The zero-order valence-corrected chi connectivity index (χ0v) is 7.13. The van der Waals surface area contributed by atoms with Crippen LogP contribution in [0.15, 0.2) is 16.6 Å². The number of hydrogen-bond acceptors (Lipinski definition) is 2. The number of hydrogen-bond donors (Lipinski definition) is 1. The van der Waals surface area contributed by atoms with Crippen molar-refractivity contribution >= 4 is 14.2 Å². The van der Waals surface area contributed by atoms with Crippen molar-refractivity contribution in [2.24, 2.45) is 4.99 Å². The molecule has 1 N–H and O–H groups in total. The first kappa shape index (κ1) is 8.57. The predicted octanol–water partition coefficient (Wildman–Crippen LogP) is 1.51. The molecule has 11 heavy (non-hydrogen) atoms. The number of dihydropyridines is 1. The third-order valence-electron chi connectivity index (χ3n) is 1.60. The second-order valence-corrected chi connectivity index (χ2v) is 3.61. The minimum Gasteiger partial charge on any atom is -0.293 e. The van der Waals surface area contributed by atoms with Gasteiger partial charge in [0.2, 0.25) is 0 Å². The van der Waals surface area contributed by atoms with Gasteiger partial charge in [-0.3, -0.25) is 4.99 Å². The van der Waals surface area contributed by atoms with Gasteiger partial charge in [-0.15, -0.1) is 0 Å². The maximum atomic E-state index is 10.3. The summed E-state index contributed by atoms with van der Waals surface area (Å²) in [7, 11) is -1.96. The molecule has 0 saturated heterocycles. The van der Waals surface area contributed by atoms with Crippen molar-refractivity contribution in [2.45, 2.75) is 12.8 Å². The minimum absolute atomic E-state index is 0.384. The Labute approximate surface area is 66.7 Å². The topological polar surface area (TPSA) is 49.7 Å². The van der Waals surface area contributed by atoms with Gasteiger partial charge in [0.25, 0.3) is 0 Å². The van der Waals surface area contributed by atoms with Gasteiger partial charge in [-0.2, -0.15) is 4.89 Å². The van der Waals surface area contributed by atoms with Crippen LogP contribution in [0.2, 0.25) is 0 Å². The summed E-state index contributed by atoms with van der Waals surface area (Å²) >= 11 is 0. The molecule has 1 atom stereocenters. The molecular weight excluding hydrogens is 161 g/mol. The Balaban J connectivity index is 2.31. The maximum Gasteiger partial charge on any atom is 0.505 e. The maximum absolute atomic E-state index is 10.3. The van der Waals surface area contributed by atoms with Crippen LogP contribution in [0, 0.1) is 0 Å². The molecule has 0 aromatic heterocycles. The summed E-state index contributed by atoms with van der Waals surface area (Å²) in [4.78, 5) is 12.5. The third kappa shape index (κ3) is 3.40. The van der Waals surface area contributed by atoms with Gasteiger partial charge in [0.15, 0.2) is 6.16 Å². The molecule has 1 unspecified atom stereocenters. The van der Waals surface area contributed by atoms with E-state index in [-0.39, 0.29) is 0 Å². The summed E-state index contributed by atoms with van der Waals surface area (Å²) < 4.78 is 10.3. The number of allylic oxidation sites excluding steroid dienone is 1. The summed E-state index contributed by atoms with van der Waals surface area (Å²) in [5.74, 6) is 0. The van der Waals surface area contributed by atoms with Crippen molar-refractivity contribution < 1.29 is 9.46 Å². The fourth-order valence-electron chi connectivity index (χ4n) is 0.972. The molecule has 1 rings (SSSR count). The van der Waals surface area contributed by atoms with Crippen molar-refractivity contribution in [1.82, 2.24) is 0 Å². The molecule has 0 aromatic carbocycles. The molecule has 0 bridgehead atoms. The molecular formula is C7H11NO2P+. The monoisotopic (exact) mass is 172 g/mol. The first-order chi connectivity index (χ1) is 5.29. The molecule has 0 amide bonds. The van der Waals surface area contributed by atoms with Gasteiger partial charge >= 0.3 is 8.03 Å². The van der Waals surface area contributed by atoms with Crippen molar-refractivity contribution in [3.63, 3.8) is 0 Å². The molecule has 0 fully saturated rings. The van der Waals surface area contributed by atoms with E-state index in [1.807, 2.05) is 6.08 Å². The van der Waals surface area contributed by atoms with E-state index in [1.165, 1.54) is 5.57 Å².